The smallest absolute Gasteiger partial charge is 0.273 e. The van der Waals surface area contributed by atoms with Crippen LogP contribution in [0.1, 0.15) is 35.4 Å². The van der Waals surface area contributed by atoms with Crippen molar-refractivity contribution in [1.82, 2.24) is 9.62 Å². The van der Waals surface area contributed by atoms with Crippen LogP contribution in [0.4, 0.5) is 0 Å². The maximum Gasteiger partial charge on any atom is 0.273 e. The third kappa shape index (κ3) is 4.06. The molecule has 2 atom stereocenters. The molecule has 1 aliphatic heterocycles. The molecule has 1 aliphatic rings. The number of aryl methyl sites for hydroxylation is 2. The second-order valence-electron chi connectivity index (χ2n) is 6.83. The van der Waals surface area contributed by atoms with Crippen LogP contribution in [0.3, 0.4) is 0 Å². The van der Waals surface area contributed by atoms with E-state index in [1.807, 2.05) is 44.2 Å². The average molecular weight is 407 g/mol. The molecule has 0 bridgehead atoms. The van der Waals surface area contributed by atoms with Crippen LogP contribution in [-0.2, 0) is 19.6 Å². The molecule has 3 rings (SSSR count). The Balaban J connectivity index is 1.71. The molecule has 0 radical (unpaired) electrons. The van der Waals surface area contributed by atoms with Crippen LogP contribution >= 0.6 is 11.3 Å². The van der Waals surface area contributed by atoms with Crippen LogP contribution in [0.5, 0.6) is 0 Å². The first-order valence-corrected chi connectivity index (χ1v) is 11.0. The Morgan fingerprint density at radius 3 is 2.52 bits per heavy atom. The molecule has 1 N–H and O–H groups in total. The topological polar surface area (TPSA) is 83.5 Å². The summed E-state index contributed by atoms with van der Waals surface area (Å²) in [4.78, 5) is 27.4. The van der Waals surface area contributed by atoms with Crippen LogP contribution in [0.2, 0.25) is 0 Å². The Morgan fingerprint density at radius 1 is 1.26 bits per heavy atom. The van der Waals surface area contributed by atoms with Gasteiger partial charge in [0.1, 0.15) is 4.21 Å². The minimum absolute atomic E-state index is 0.0149. The van der Waals surface area contributed by atoms with E-state index in [0.717, 1.165) is 21.8 Å². The normalized spacial score (nSPS) is 18.6. The summed E-state index contributed by atoms with van der Waals surface area (Å²) in [5.74, 6) is -1.46. The highest BCUT2D eigenvalue weighted by Crippen LogP contribution is 2.30. The lowest BCUT2D eigenvalue weighted by Crippen LogP contribution is -2.37. The van der Waals surface area contributed by atoms with E-state index in [9.17, 15) is 18.0 Å². The highest BCUT2D eigenvalue weighted by Gasteiger charge is 2.38. The molecule has 144 valence electrons. The van der Waals surface area contributed by atoms with Gasteiger partial charge in [-0.15, -0.1) is 11.3 Å². The van der Waals surface area contributed by atoms with Crippen molar-refractivity contribution in [1.29, 1.82) is 0 Å². The quantitative estimate of drug-likeness (QED) is 0.828. The molecule has 0 spiro atoms. The molecule has 6 nitrogen and oxygen atoms in total. The molecule has 2 unspecified atom stereocenters. The van der Waals surface area contributed by atoms with Gasteiger partial charge in [-0.3, -0.25) is 9.59 Å². The Morgan fingerprint density at radius 2 is 1.93 bits per heavy atom. The predicted octanol–water partition coefficient (Wildman–Crippen LogP) is 2.78. The van der Waals surface area contributed by atoms with E-state index in [1.165, 1.54) is 0 Å². The van der Waals surface area contributed by atoms with Crippen molar-refractivity contribution in [3.05, 3.63) is 52.4 Å². The van der Waals surface area contributed by atoms with Gasteiger partial charge in [-0.05, 0) is 38.0 Å². The van der Waals surface area contributed by atoms with Crippen LogP contribution in [-0.4, -0.2) is 31.7 Å². The molecule has 1 aromatic carbocycles. The highest BCUT2D eigenvalue weighted by atomic mass is 32.2. The summed E-state index contributed by atoms with van der Waals surface area (Å²) in [6.07, 6.45) is 0.0149. The highest BCUT2D eigenvalue weighted by molar-refractivity contribution is 7.92. The number of carbonyl (C=O) groups excluding carboxylic acids is 2. The number of amides is 2. The Hall–Kier alpha value is -2.19. The summed E-state index contributed by atoms with van der Waals surface area (Å²) in [6, 6.07) is 11.2. The number of rotatable bonds is 5. The van der Waals surface area contributed by atoms with Crippen LogP contribution < -0.4 is 4.72 Å². The van der Waals surface area contributed by atoms with Gasteiger partial charge in [-0.2, -0.15) is 0 Å². The molecule has 27 heavy (non-hydrogen) atoms. The summed E-state index contributed by atoms with van der Waals surface area (Å²) in [7, 11) is -3.92. The Kier molecular flexibility index (Phi) is 5.39. The van der Waals surface area contributed by atoms with Gasteiger partial charge in [-0.25, -0.2) is 13.1 Å². The van der Waals surface area contributed by atoms with Gasteiger partial charge in [0, 0.05) is 17.8 Å². The summed E-state index contributed by atoms with van der Waals surface area (Å²) < 4.78 is 27.4. The average Bonchev–Trinajstić information content (AvgIpc) is 3.17. The lowest BCUT2D eigenvalue weighted by Gasteiger charge is -2.25. The minimum Gasteiger partial charge on any atom is -0.335 e. The lowest BCUT2D eigenvalue weighted by molar-refractivity contribution is -0.130. The van der Waals surface area contributed by atoms with Gasteiger partial charge in [-0.1, -0.05) is 30.3 Å². The first-order valence-electron chi connectivity index (χ1n) is 8.67. The van der Waals surface area contributed by atoms with E-state index in [-0.39, 0.29) is 29.1 Å². The molecule has 2 amide bonds. The van der Waals surface area contributed by atoms with Crippen LogP contribution in [0.15, 0.2) is 40.6 Å². The molecule has 1 fully saturated rings. The zero-order chi connectivity index (χ0) is 19.8. The van der Waals surface area contributed by atoms with Crippen molar-refractivity contribution in [2.45, 2.75) is 37.4 Å². The van der Waals surface area contributed by atoms with E-state index in [2.05, 4.69) is 4.72 Å². The van der Waals surface area contributed by atoms with Gasteiger partial charge in [0.05, 0.1) is 12.0 Å². The predicted molar refractivity (Wildman–Crippen MR) is 104 cm³/mol. The molecule has 1 saturated heterocycles. The fraction of sp³-hybridized carbons (Fsp3) is 0.368. The van der Waals surface area contributed by atoms with E-state index in [1.54, 1.807) is 17.9 Å². The second kappa shape index (κ2) is 7.44. The molecule has 1 aromatic heterocycles. The Labute approximate surface area is 163 Å². The van der Waals surface area contributed by atoms with E-state index >= 15 is 0 Å². The first kappa shape index (κ1) is 19.6. The summed E-state index contributed by atoms with van der Waals surface area (Å²) in [5, 5.41) is 0. The third-order valence-electron chi connectivity index (χ3n) is 4.75. The number of thiophene rings is 1. The number of nitrogens with zero attached hydrogens (tertiary/aromatic N) is 1. The van der Waals surface area contributed by atoms with E-state index in [0.29, 0.717) is 5.56 Å². The number of hydrogen-bond acceptors (Lipinski definition) is 5. The van der Waals surface area contributed by atoms with Crippen molar-refractivity contribution in [2.24, 2.45) is 5.92 Å². The molecule has 0 aliphatic carbocycles. The summed E-state index contributed by atoms with van der Waals surface area (Å²) in [6.45, 7) is 5.63. The standard InChI is InChI=1S/C19H22N2O4S2/c1-12-9-13(2)26-19(12)27(24,25)20-18(23)16-10-17(22)21(11-16)14(3)15-7-5-4-6-8-15/h4-9,14,16H,10-11H2,1-3H3,(H,20,23). The Bertz CT molecular complexity index is 967. The number of sulfonamides is 1. The molecular formula is C19H22N2O4S2. The molecule has 2 aromatic rings. The number of nitrogens with one attached hydrogen (secondary N) is 1. The first-order chi connectivity index (χ1) is 12.7. The number of hydrogen-bond donors (Lipinski definition) is 1. The van der Waals surface area contributed by atoms with Crippen molar-refractivity contribution in [3.63, 3.8) is 0 Å². The fourth-order valence-corrected chi connectivity index (χ4v) is 6.06. The van der Waals surface area contributed by atoms with Crippen molar-refractivity contribution in [3.8, 4) is 0 Å². The third-order valence-corrected chi connectivity index (χ3v) is 7.89. The van der Waals surface area contributed by atoms with Gasteiger partial charge in [0.2, 0.25) is 11.8 Å². The minimum atomic E-state index is -3.92. The van der Waals surface area contributed by atoms with E-state index < -0.39 is 21.8 Å². The fourth-order valence-electron chi connectivity index (χ4n) is 3.34. The molecule has 8 heteroatoms. The number of benzene rings is 1. The number of likely N-dealkylation sites (tertiary alicyclic amines) is 1. The van der Waals surface area contributed by atoms with Gasteiger partial charge in [0.25, 0.3) is 10.0 Å². The lowest BCUT2D eigenvalue weighted by atomic mass is 10.1. The van der Waals surface area contributed by atoms with E-state index in [4.69, 9.17) is 0 Å². The number of carbonyl (C=O) groups is 2. The van der Waals surface area contributed by atoms with Crippen LogP contribution in [0, 0.1) is 19.8 Å². The van der Waals surface area contributed by atoms with Gasteiger partial charge in [0.15, 0.2) is 0 Å². The maximum absolute atomic E-state index is 12.5. The zero-order valence-corrected chi connectivity index (χ0v) is 17.1. The zero-order valence-electron chi connectivity index (χ0n) is 15.4. The van der Waals surface area contributed by atoms with Gasteiger partial charge < -0.3 is 4.90 Å². The maximum atomic E-state index is 12.5. The molecule has 0 saturated carbocycles. The SMILES string of the molecule is Cc1cc(C)c(S(=O)(=O)NC(=O)C2CC(=O)N(C(C)c3ccccc3)C2)s1. The second-order valence-corrected chi connectivity index (χ2v) is 9.97. The monoisotopic (exact) mass is 406 g/mol. The van der Waals surface area contributed by atoms with Crippen molar-refractivity contribution >= 4 is 33.2 Å². The summed E-state index contributed by atoms with van der Waals surface area (Å²) in [5.41, 5.74) is 1.59. The molecular weight excluding hydrogens is 384 g/mol. The van der Waals surface area contributed by atoms with Crippen molar-refractivity contribution in [2.75, 3.05) is 6.54 Å². The van der Waals surface area contributed by atoms with Crippen LogP contribution in [0.25, 0.3) is 0 Å². The molecule has 2 heterocycles. The largest absolute Gasteiger partial charge is 0.335 e. The van der Waals surface area contributed by atoms with Crippen molar-refractivity contribution < 1.29 is 18.0 Å². The van der Waals surface area contributed by atoms with Gasteiger partial charge >= 0.3 is 0 Å². The summed E-state index contributed by atoms with van der Waals surface area (Å²) >= 11 is 1.13.